The number of benzene rings is 1. The molecule has 0 heterocycles. The van der Waals surface area contributed by atoms with Crippen molar-refractivity contribution in [2.45, 2.75) is 32.5 Å². The standard InChI is InChI=1S/C13H14F3NO3/c1-12(2,3)20-10(18)8-4-6-9(7-5-8)17-11(19)13(14,15)16/h4-7H,1-3H3,(H,17,19). The van der Waals surface area contributed by atoms with Gasteiger partial charge in [-0.05, 0) is 45.0 Å². The lowest BCUT2D eigenvalue weighted by atomic mass is 10.1. The van der Waals surface area contributed by atoms with E-state index in [2.05, 4.69) is 0 Å². The zero-order valence-electron chi connectivity index (χ0n) is 11.2. The molecule has 0 saturated carbocycles. The van der Waals surface area contributed by atoms with Crippen molar-refractivity contribution < 1.29 is 27.5 Å². The van der Waals surface area contributed by atoms with E-state index in [0.717, 1.165) is 0 Å². The van der Waals surface area contributed by atoms with Crippen molar-refractivity contribution in [1.29, 1.82) is 0 Å². The Labute approximate surface area is 113 Å². The summed E-state index contributed by atoms with van der Waals surface area (Å²) in [5, 5.41) is 1.68. The molecule has 1 N–H and O–H groups in total. The summed E-state index contributed by atoms with van der Waals surface area (Å²) in [6, 6.07) is 4.95. The molecule has 20 heavy (non-hydrogen) atoms. The van der Waals surface area contributed by atoms with E-state index < -0.39 is 23.7 Å². The molecule has 0 aliphatic heterocycles. The van der Waals surface area contributed by atoms with Gasteiger partial charge in [-0.25, -0.2) is 4.79 Å². The van der Waals surface area contributed by atoms with E-state index in [-0.39, 0.29) is 11.3 Å². The van der Waals surface area contributed by atoms with E-state index in [4.69, 9.17) is 4.74 Å². The summed E-state index contributed by atoms with van der Waals surface area (Å²) in [7, 11) is 0. The smallest absolute Gasteiger partial charge is 0.456 e. The molecule has 0 spiro atoms. The predicted molar refractivity (Wildman–Crippen MR) is 66.3 cm³/mol. The highest BCUT2D eigenvalue weighted by Crippen LogP contribution is 2.19. The fourth-order valence-electron chi connectivity index (χ4n) is 1.23. The van der Waals surface area contributed by atoms with Gasteiger partial charge in [-0.3, -0.25) is 4.79 Å². The molecule has 4 nitrogen and oxygen atoms in total. The van der Waals surface area contributed by atoms with Gasteiger partial charge in [0, 0.05) is 5.69 Å². The van der Waals surface area contributed by atoms with Crippen LogP contribution in [0.5, 0.6) is 0 Å². The number of carbonyl (C=O) groups is 2. The number of ether oxygens (including phenoxy) is 1. The number of amides is 1. The Bertz CT molecular complexity index is 501. The van der Waals surface area contributed by atoms with Crippen LogP contribution in [0, 0.1) is 0 Å². The number of nitrogens with one attached hydrogen (secondary N) is 1. The van der Waals surface area contributed by atoms with Crippen LogP contribution in [0.2, 0.25) is 0 Å². The van der Waals surface area contributed by atoms with Crippen molar-refractivity contribution in [3.63, 3.8) is 0 Å². The molecule has 0 fully saturated rings. The summed E-state index contributed by atoms with van der Waals surface area (Å²) in [5.74, 6) is -2.66. The third kappa shape index (κ3) is 4.91. The van der Waals surface area contributed by atoms with Crippen molar-refractivity contribution in [2.24, 2.45) is 0 Å². The zero-order chi connectivity index (χ0) is 15.6. The number of rotatable bonds is 2. The molecule has 0 aliphatic carbocycles. The first-order chi connectivity index (χ1) is 8.99. The Hall–Kier alpha value is -2.05. The average molecular weight is 289 g/mol. The van der Waals surface area contributed by atoms with Gasteiger partial charge in [0.15, 0.2) is 0 Å². The predicted octanol–water partition coefficient (Wildman–Crippen LogP) is 3.14. The molecular weight excluding hydrogens is 275 g/mol. The molecule has 1 amide bonds. The lowest BCUT2D eigenvalue weighted by molar-refractivity contribution is -0.167. The van der Waals surface area contributed by atoms with E-state index in [9.17, 15) is 22.8 Å². The SMILES string of the molecule is CC(C)(C)OC(=O)c1ccc(NC(=O)C(F)(F)F)cc1. The lowest BCUT2D eigenvalue weighted by Gasteiger charge is -2.19. The van der Waals surface area contributed by atoms with E-state index >= 15 is 0 Å². The van der Waals surface area contributed by atoms with E-state index in [1.54, 1.807) is 26.1 Å². The number of halogens is 3. The Morgan fingerprint density at radius 3 is 1.95 bits per heavy atom. The van der Waals surface area contributed by atoms with Gasteiger partial charge in [-0.2, -0.15) is 13.2 Å². The van der Waals surface area contributed by atoms with Crippen LogP contribution in [0.25, 0.3) is 0 Å². The second-order valence-electron chi connectivity index (χ2n) is 5.03. The normalized spacial score (nSPS) is 11.9. The third-order valence-corrected chi connectivity index (χ3v) is 2.03. The average Bonchev–Trinajstić information content (AvgIpc) is 2.26. The maximum absolute atomic E-state index is 12.0. The summed E-state index contributed by atoms with van der Waals surface area (Å²) >= 11 is 0. The van der Waals surface area contributed by atoms with Crippen LogP contribution in [-0.2, 0) is 9.53 Å². The maximum Gasteiger partial charge on any atom is 0.471 e. The minimum Gasteiger partial charge on any atom is -0.456 e. The second-order valence-corrected chi connectivity index (χ2v) is 5.03. The highest BCUT2D eigenvalue weighted by atomic mass is 19.4. The topological polar surface area (TPSA) is 55.4 Å². The Morgan fingerprint density at radius 2 is 1.55 bits per heavy atom. The van der Waals surface area contributed by atoms with E-state index in [1.807, 2.05) is 0 Å². The fourth-order valence-corrected chi connectivity index (χ4v) is 1.23. The van der Waals surface area contributed by atoms with Crippen molar-refractivity contribution in [1.82, 2.24) is 0 Å². The molecule has 0 aliphatic rings. The van der Waals surface area contributed by atoms with Crippen LogP contribution in [0.15, 0.2) is 24.3 Å². The van der Waals surface area contributed by atoms with Gasteiger partial charge in [-0.1, -0.05) is 0 Å². The molecule has 0 atom stereocenters. The Morgan fingerprint density at radius 1 is 1.05 bits per heavy atom. The van der Waals surface area contributed by atoms with Gasteiger partial charge in [0.1, 0.15) is 5.60 Å². The van der Waals surface area contributed by atoms with Crippen LogP contribution in [0.4, 0.5) is 18.9 Å². The number of alkyl halides is 3. The Kier molecular flexibility index (Phi) is 4.42. The molecule has 1 aromatic rings. The minimum atomic E-state index is -4.95. The molecule has 1 aromatic carbocycles. The van der Waals surface area contributed by atoms with Gasteiger partial charge in [-0.15, -0.1) is 0 Å². The van der Waals surface area contributed by atoms with Crippen LogP contribution in [0.1, 0.15) is 31.1 Å². The molecule has 7 heteroatoms. The molecule has 0 radical (unpaired) electrons. The van der Waals surface area contributed by atoms with Crippen molar-refractivity contribution in [3.8, 4) is 0 Å². The van der Waals surface area contributed by atoms with Crippen LogP contribution >= 0.6 is 0 Å². The highest BCUT2D eigenvalue weighted by Gasteiger charge is 2.38. The van der Waals surface area contributed by atoms with Crippen LogP contribution in [-0.4, -0.2) is 23.7 Å². The molecular formula is C13H14F3NO3. The third-order valence-electron chi connectivity index (χ3n) is 2.03. The summed E-state index contributed by atoms with van der Waals surface area (Å²) in [5.41, 5.74) is -0.537. The molecule has 0 aromatic heterocycles. The van der Waals surface area contributed by atoms with Crippen molar-refractivity contribution >= 4 is 17.6 Å². The number of esters is 1. The van der Waals surface area contributed by atoms with Crippen molar-refractivity contribution in [2.75, 3.05) is 5.32 Å². The van der Waals surface area contributed by atoms with E-state index in [0.29, 0.717) is 0 Å². The fraction of sp³-hybridized carbons (Fsp3) is 0.385. The number of carbonyl (C=O) groups excluding carboxylic acids is 2. The maximum atomic E-state index is 12.0. The molecule has 0 saturated heterocycles. The summed E-state index contributed by atoms with van der Waals surface area (Å²) in [4.78, 5) is 22.4. The number of hydrogen-bond donors (Lipinski definition) is 1. The Balaban J connectivity index is 2.75. The van der Waals surface area contributed by atoms with Gasteiger partial charge >= 0.3 is 18.1 Å². The van der Waals surface area contributed by atoms with Crippen LogP contribution in [0.3, 0.4) is 0 Å². The minimum absolute atomic E-state index is 0.0559. The van der Waals surface area contributed by atoms with Gasteiger partial charge < -0.3 is 10.1 Å². The van der Waals surface area contributed by atoms with Crippen molar-refractivity contribution in [3.05, 3.63) is 29.8 Å². The first-order valence-electron chi connectivity index (χ1n) is 5.70. The number of anilines is 1. The van der Waals surface area contributed by atoms with Crippen LogP contribution < -0.4 is 5.32 Å². The first-order valence-corrected chi connectivity index (χ1v) is 5.70. The largest absolute Gasteiger partial charge is 0.471 e. The number of hydrogen-bond acceptors (Lipinski definition) is 3. The lowest BCUT2D eigenvalue weighted by Crippen LogP contribution is -2.29. The summed E-state index contributed by atoms with van der Waals surface area (Å²) in [6.07, 6.45) is -4.95. The van der Waals surface area contributed by atoms with Gasteiger partial charge in [0.05, 0.1) is 5.56 Å². The first kappa shape index (κ1) is 16.0. The molecule has 0 bridgehead atoms. The highest BCUT2D eigenvalue weighted by molar-refractivity contribution is 5.96. The van der Waals surface area contributed by atoms with E-state index in [1.165, 1.54) is 24.3 Å². The second kappa shape index (κ2) is 5.52. The molecule has 0 unspecified atom stereocenters. The monoisotopic (exact) mass is 289 g/mol. The quantitative estimate of drug-likeness (QED) is 0.851. The summed E-state index contributed by atoms with van der Waals surface area (Å²) in [6.45, 7) is 5.09. The van der Waals surface area contributed by atoms with Gasteiger partial charge in [0.2, 0.25) is 0 Å². The zero-order valence-corrected chi connectivity index (χ0v) is 11.2. The van der Waals surface area contributed by atoms with Gasteiger partial charge in [0.25, 0.3) is 0 Å². The molecule has 1 rings (SSSR count). The summed E-state index contributed by atoms with van der Waals surface area (Å²) < 4.78 is 41.2. The molecule has 110 valence electrons.